The topological polar surface area (TPSA) is 85.8 Å². The average molecular weight is 396 g/mol. The molecule has 0 saturated carbocycles. The molecule has 0 spiro atoms. The summed E-state index contributed by atoms with van der Waals surface area (Å²) in [5.41, 5.74) is 1.83. The lowest BCUT2D eigenvalue weighted by molar-refractivity contribution is -0.141. The molecule has 1 amide bonds. The highest BCUT2D eigenvalue weighted by atomic mass is 16.3. The van der Waals surface area contributed by atoms with E-state index in [9.17, 15) is 4.79 Å². The van der Waals surface area contributed by atoms with Crippen molar-refractivity contribution in [2.24, 2.45) is 0 Å². The van der Waals surface area contributed by atoms with Gasteiger partial charge < -0.3 is 15.3 Å². The van der Waals surface area contributed by atoms with Crippen molar-refractivity contribution in [3.05, 3.63) is 60.4 Å². The van der Waals surface area contributed by atoms with Gasteiger partial charge in [-0.3, -0.25) is 19.5 Å². The lowest BCUT2D eigenvalue weighted by atomic mass is 9.84. The first-order valence-corrected chi connectivity index (χ1v) is 9.98. The first kappa shape index (κ1) is 20.8. The Morgan fingerprint density at radius 1 is 1.07 bits per heavy atom. The number of aromatic nitrogens is 1. The standard InChI is InChI=1S/C21H26N4O.CH2O2/c26-20(25-13-4-14-25)21(23-19-5-2-1-3-6-19)9-15-24(16-10-21)17-18-7-11-22-12-8-18;2-1-3/h1-3,5-8,11-12,23H,4,9-10,13-17H2;1H,(H,2,3). The van der Waals surface area contributed by atoms with Crippen molar-refractivity contribution in [2.45, 2.75) is 31.3 Å². The van der Waals surface area contributed by atoms with E-state index in [1.165, 1.54) is 5.56 Å². The van der Waals surface area contributed by atoms with Gasteiger partial charge in [-0.1, -0.05) is 18.2 Å². The number of nitrogens with zero attached hydrogens (tertiary/aromatic N) is 3. The number of para-hydroxylation sites is 1. The van der Waals surface area contributed by atoms with Gasteiger partial charge in [0.25, 0.3) is 6.47 Å². The van der Waals surface area contributed by atoms with Crippen molar-refractivity contribution < 1.29 is 14.7 Å². The number of carboxylic acid groups (broad SMARTS) is 1. The van der Waals surface area contributed by atoms with Crippen LogP contribution in [0.15, 0.2) is 54.9 Å². The van der Waals surface area contributed by atoms with Crippen LogP contribution >= 0.6 is 0 Å². The minimum absolute atomic E-state index is 0.250. The summed E-state index contributed by atoms with van der Waals surface area (Å²) in [4.78, 5) is 30.1. The van der Waals surface area contributed by atoms with Crippen molar-refractivity contribution in [3.8, 4) is 0 Å². The highest BCUT2D eigenvalue weighted by Gasteiger charge is 2.44. The van der Waals surface area contributed by atoms with E-state index in [0.717, 1.165) is 57.7 Å². The lowest BCUT2D eigenvalue weighted by Crippen LogP contribution is -2.61. The Kier molecular flexibility index (Phi) is 7.19. The van der Waals surface area contributed by atoms with E-state index in [2.05, 4.69) is 39.5 Å². The van der Waals surface area contributed by atoms with E-state index < -0.39 is 5.54 Å². The molecule has 2 saturated heterocycles. The summed E-state index contributed by atoms with van der Waals surface area (Å²) in [6.45, 7) is 4.31. The number of likely N-dealkylation sites (tertiary alicyclic amines) is 2. The smallest absolute Gasteiger partial charge is 0.290 e. The van der Waals surface area contributed by atoms with E-state index in [1.54, 1.807) is 0 Å². The fourth-order valence-electron chi connectivity index (χ4n) is 3.85. The third-order valence-corrected chi connectivity index (χ3v) is 5.58. The number of hydrogen-bond acceptors (Lipinski definition) is 5. The molecule has 1 aromatic carbocycles. The van der Waals surface area contributed by atoms with E-state index in [4.69, 9.17) is 9.90 Å². The van der Waals surface area contributed by atoms with Gasteiger partial charge in [-0.25, -0.2) is 0 Å². The van der Waals surface area contributed by atoms with Gasteiger partial charge in [-0.2, -0.15) is 0 Å². The van der Waals surface area contributed by atoms with Gasteiger partial charge in [0, 0.05) is 50.8 Å². The number of rotatable bonds is 5. The molecule has 0 radical (unpaired) electrons. The van der Waals surface area contributed by atoms with Gasteiger partial charge in [-0.15, -0.1) is 0 Å². The Morgan fingerprint density at radius 3 is 2.24 bits per heavy atom. The highest BCUT2D eigenvalue weighted by molar-refractivity contribution is 5.90. The molecule has 7 nitrogen and oxygen atoms in total. The fraction of sp³-hybridized carbons (Fsp3) is 0.409. The number of anilines is 1. The lowest BCUT2D eigenvalue weighted by Gasteiger charge is -2.46. The molecule has 2 N–H and O–H groups in total. The van der Waals surface area contributed by atoms with Gasteiger partial charge in [0.05, 0.1) is 0 Å². The normalized spacial score (nSPS) is 18.0. The van der Waals surface area contributed by atoms with E-state index in [1.807, 2.05) is 35.5 Å². The molecule has 0 aliphatic carbocycles. The molecular formula is C22H28N4O3. The monoisotopic (exact) mass is 396 g/mol. The van der Waals surface area contributed by atoms with Crippen molar-refractivity contribution in [1.29, 1.82) is 0 Å². The second-order valence-electron chi connectivity index (χ2n) is 7.46. The van der Waals surface area contributed by atoms with Gasteiger partial charge in [0.15, 0.2) is 0 Å². The van der Waals surface area contributed by atoms with Gasteiger partial charge >= 0.3 is 0 Å². The Morgan fingerprint density at radius 2 is 1.69 bits per heavy atom. The van der Waals surface area contributed by atoms with Crippen LogP contribution in [0.4, 0.5) is 5.69 Å². The Bertz CT molecular complexity index is 773. The SMILES string of the molecule is O=C(N1CCC1)C1(Nc2ccccc2)CCN(Cc2ccncc2)CC1.O=CO. The summed E-state index contributed by atoms with van der Waals surface area (Å²) in [6, 6.07) is 14.3. The predicted octanol–water partition coefficient (Wildman–Crippen LogP) is 2.46. The molecule has 154 valence electrons. The summed E-state index contributed by atoms with van der Waals surface area (Å²) in [7, 11) is 0. The van der Waals surface area contributed by atoms with Crippen LogP contribution in [0, 0.1) is 0 Å². The van der Waals surface area contributed by atoms with Crippen LogP contribution in [-0.4, -0.2) is 64.0 Å². The Hall–Kier alpha value is -2.93. The first-order valence-electron chi connectivity index (χ1n) is 9.98. The molecular weight excluding hydrogens is 368 g/mol. The molecule has 4 rings (SSSR count). The maximum Gasteiger partial charge on any atom is 0.290 e. The molecule has 2 aliphatic heterocycles. The van der Waals surface area contributed by atoms with Crippen LogP contribution in [0.5, 0.6) is 0 Å². The van der Waals surface area contributed by atoms with Gasteiger partial charge in [0.2, 0.25) is 5.91 Å². The molecule has 0 bridgehead atoms. The minimum atomic E-state index is -0.476. The zero-order valence-electron chi connectivity index (χ0n) is 16.5. The number of amides is 1. The molecule has 1 aromatic heterocycles. The third kappa shape index (κ3) is 5.32. The van der Waals surface area contributed by atoms with E-state index in [0.29, 0.717) is 0 Å². The zero-order chi connectivity index (χ0) is 20.5. The van der Waals surface area contributed by atoms with Crippen LogP contribution in [0.2, 0.25) is 0 Å². The molecule has 2 fully saturated rings. The Balaban J connectivity index is 0.000000755. The summed E-state index contributed by atoms with van der Waals surface area (Å²) in [6.07, 6.45) is 6.48. The van der Waals surface area contributed by atoms with Crippen LogP contribution in [0.1, 0.15) is 24.8 Å². The number of piperidine rings is 1. The van der Waals surface area contributed by atoms with Crippen LogP contribution in [-0.2, 0) is 16.1 Å². The van der Waals surface area contributed by atoms with Gasteiger partial charge in [0.1, 0.15) is 5.54 Å². The molecule has 29 heavy (non-hydrogen) atoms. The fourth-order valence-corrected chi connectivity index (χ4v) is 3.85. The molecule has 7 heteroatoms. The highest BCUT2D eigenvalue weighted by Crippen LogP contribution is 2.31. The van der Waals surface area contributed by atoms with E-state index in [-0.39, 0.29) is 12.4 Å². The predicted molar refractivity (Wildman–Crippen MR) is 111 cm³/mol. The van der Waals surface area contributed by atoms with E-state index >= 15 is 0 Å². The largest absolute Gasteiger partial charge is 0.483 e. The number of carbonyl (C=O) groups excluding carboxylic acids is 1. The number of carbonyl (C=O) groups is 2. The number of pyridine rings is 1. The quantitative estimate of drug-likeness (QED) is 0.755. The number of nitrogens with one attached hydrogen (secondary N) is 1. The minimum Gasteiger partial charge on any atom is -0.483 e. The molecule has 2 aromatic rings. The Labute approximate surface area is 171 Å². The summed E-state index contributed by atoms with van der Waals surface area (Å²) in [5.74, 6) is 0.274. The van der Waals surface area contributed by atoms with Gasteiger partial charge in [-0.05, 0) is 49.1 Å². The molecule has 0 unspecified atom stereocenters. The van der Waals surface area contributed by atoms with Crippen LogP contribution in [0.25, 0.3) is 0 Å². The third-order valence-electron chi connectivity index (χ3n) is 5.58. The number of benzene rings is 1. The summed E-state index contributed by atoms with van der Waals surface area (Å²) in [5, 5.41) is 10.5. The average Bonchev–Trinajstić information content (AvgIpc) is 2.70. The number of hydrogen-bond donors (Lipinski definition) is 2. The first-order chi connectivity index (χ1) is 14.2. The summed E-state index contributed by atoms with van der Waals surface area (Å²) >= 11 is 0. The second kappa shape index (κ2) is 10.0. The van der Waals surface area contributed by atoms with Crippen LogP contribution in [0.3, 0.4) is 0 Å². The van der Waals surface area contributed by atoms with Crippen LogP contribution < -0.4 is 5.32 Å². The zero-order valence-corrected chi connectivity index (χ0v) is 16.5. The maximum absolute atomic E-state index is 13.2. The summed E-state index contributed by atoms with van der Waals surface area (Å²) < 4.78 is 0. The van der Waals surface area contributed by atoms with Crippen molar-refractivity contribution in [2.75, 3.05) is 31.5 Å². The molecule has 2 aliphatic rings. The van der Waals surface area contributed by atoms with Crippen molar-refractivity contribution in [3.63, 3.8) is 0 Å². The van der Waals surface area contributed by atoms with Crippen molar-refractivity contribution >= 4 is 18.1 Å². The van der Waals surface area contributed by atoms with Crippen molar-refractivity contribution in [1.82, 2.24) is 14.8 Å². The second-order valence-corrected chi connectivity index (χ2v) is 7.46. The molecule has 0 atom stereocenters. The molecule has 3 heterocycles. The maximum atomic E-state index is 13.2.